The topological polar surface area (TPSA) is 235 Å². The van der Waals surface area contributed by atoms with Gasteiger partial charge in [0.25, 0.3) is 0 Å². The molecule has 0 spiro atoms. The SMILES string of the molecule is CCC(CCCN)C(N)=O.CCCCC1CCN(C)CC1.CCCCCC1CCN(C)CC1.CCCCCCC1CCN(C)CC1.CCCCCCN(C)C.CCCCCCNC.CCCCCN(C)C.CCCCCN(CCCN)CCCN.CCCCCNC.CCCCN(C)C.CCCCN(CCN)CCN.CCCCNC. The van der Waals surface area contributed by atoms with Crippen molar-refractivity contribution in [1.82, 2.24) is 55.1 Å². The first-order valence-electron chi connectivity index (χ1n) is 50.1. The van der Waals surface area contributed by atoms with E-state index in [1.54, 1.807) is 0 Å². The molecule has 116 heavy (non-hydrogen) atoms. The van der Waals surface area contributed by atoms with Gasteiger partial charge in [0.2, 0.25) is 5.91 Å². The molecular weight excluding hydrogens is 1430 g/mol. The average Bonchev–Trinajstić information content (AvgIpc) is 0.942. The largest absolute Gasteiger partial charge is 0.369 e. The number of rotatable bonds is 58. The second-order valence-electron chi connectivity index (χ2n) is 34.7. The van der Waals surface area contributed by atoms with Crippen molar-refractivity contribution in [1.29, 1.82) is 0 Å². The van der Waals surface area contributed by atoms with Gasteiger partial charge in [-0.1, -0.05) is 256 Å². The fourth-order valence-corrected chi connectivity index (χ4v) is 13.3. The maximum Gasteiger partial charge on any atom is 0.220 e. The molecule has 3 rings (SSSR count). The van der Waals surface area contributed by atoms with Crippen molar-refractivity contribution >= 4 is 5.91 Å². The van der Waals surface area contributed by atoms with Crippen molar-refractivity contribution < 1.29 is 4.79 Å². The van der Waals surface area contributed by atoms with Crippen LogP contribution in [0.5, 0.6) is 0 Å². The summed E-state index contributed by atoms with van der Waals surface area (Å²) in [6.07, 6.45) is 61.4. The Morgan fingerprint density at radius 1 is 0.302 bits per heavy atom. The lowest BCUT2D eigenvalue weighted by molar-refractivity contribution is -0.122. The molecule has 0 aliphatic carbocycles. The van der Waals surface area contributed by atoms with Crippen molar-refractivity contribution in [3.63, 3.8) is 0 Å². The summed E-state index contributed by atoms with van der Waals surface area (Å²) in [5, 5.41) is 9.30. The molecule has 712 valence electrons. The zero-order valence-electron chi connectivity index (χ0n) is 84.5. The van der Waals surface area contributed by atoms with Gasteiger partial charge in [0.05, 0.1) is 0 Å². The number of hydrogen-bond acceptors (Lipinski definition) is 17. The number of likely N-dealkylation sites (tertiary alicyclic amines) is 3. The highest BCUT2D eigenvalue weighted by Gasteiger charge is 2.18. The number of nitrogens with one attached hydrogen (secondary N) is 3. The molecule has 0 aromatic heterocycles. The minimum absolute atomic E-state index is 0.0311. The van der Waals surface area contributed by atoms with Crippen LogP contribution in [0.1, 0.15) is 378 Å². The van der Waals surface area contributed by atoms with E-state index in [2.05, 4.69) is 195 Å². The van der Waals surface area contributed by atoms with Crippen LogP contribution in [0.2, 0.25) is 0 Å². The van der Waals surface area contributed by atoms with Gasteiger partial charge >= 0.3 is 0 Å². The minimum Gasteiger partial charge on any atom is -0.369 e. The van der Waals surface area contributed by atoms with Crippen LogP contribution in [0.4, 0.5) is 0 Å². The molecule has 18 nitrogen and oxygen atoms in total. The van der Waals surface area contributed by atoms with E-state index in [0.717, 1.165) is 115 Å². The number of nitrogens with zero attached hydrogens (tertiary/aromatic N) is 8. The number of carbonyl (C=O) groups excluding carboxylic acids is 1. The predicted octanol–water partition coefficient (Wildman–Crippen LogP) is 19.5. The smallest absolute Gasteiger partial charge is 0.220 e. The predicted molar refractivity (Wildman–Crippen MR) is 532 cm³/mol. The Kier molecular flexibility index (Phi) is 138. The van der Waals surface area contributed by atoms with Crippen LogP contribution in [0.25, 0.3) is 0 Å². The van der Waals surface area contributed by atoms with Gasteiger partial charge in [-0.3, -0.25) is 4.79 Å². The molecule has 0 aromatic carbocycles. The quantitative estimate of drug-likeness (QED) is 0.0258. The van der Waals surface area contributed by atoms with Gasteiger partial charge < -0.3 is 89.6 Å². The molecule has 3 aliphatic rings. The first-order chi connectivity index (χ1) is 55.9. The Morgan fingerprint density at radius 2 is 0.552 bits per heavy atom. The van der Waals surface area contributed by atoms with Gasteiger partial charge in [-0.2, -0.15) is 0 Å². The monoisotopic (exact) mass is 1660 g/mol. The fourth-order valence-electron chi connectivity index (χ4n) is 13.3. The summed E-state index contributed by atoms with van der Waals surface area (Å²) in [6.45, 7) is 52.1. The molecule has 15 N–H and O–H groups in total. The van der Waals surface area contributed by atoms with E-state index in [1.165, 1.54) is 342 Å². The van der Waals surface area contributed by atoms with E-state index >= 15 is 0 Å². The van der Waals surface area contributed by atoms with Crippen LogP contribution in [-0.4, -0.2) is 280 Å². The summed E-state index contributed by atoms with van der Waals surface area (Å²) >= 11 is 0. The van der Waals surface area contributed by atoms with Crippen LogP contribution >= 0.6 is 0 Å². The molecule has 3 aliphatic heterocycles. The average molecular weight is 1660 g/mol. The maximum absolute atomic E-state index is 10.6. The highest BCUT2D eigenvalue weighted by atomic mass is 16.1. The van der Waals surface area contributed by atoms with Gasteiger partial charge in [0.1, 0.15) is 0 Å². The van der Waals surface area contributed by atoms with E-state index in [-0.39, 0.29) is 11.8 Å². The van der Waals surface area contributed by atoms with Crippen molar-refractivity contribution in [2.45, 2.75) is 378 Å². The van der Waals surface area contributed by atoms with Crippen molar-refractivity contribution in [2.75, 3.05) is 235 Å². The second-order valence-corrected chi connectivity index (χ2v) is 34.7. The zero-order valence-corrected chi connectivity index (χ0v) is 84.5. The van der Waals surface area contributed by atoms with Gasteiger partial charge in [-0.05, 0) is 349 Å². The lowest BCUT2D eigenvalue weighted by Crippen LogP contribution is -2.34. The zero-order chi connectivity index (χ0) is 89.4. The highest BCUT2D eigenvalue weighted by Crippen LogP contribution is 2.24. The summed E-state index contributed by atoms with van der Waals surface area (Å²) in [7, 11) is 25.4. The minimum atomic E-state index is -0.198. The Labute approximate surface area is 733 Å². The first-order valence-corrected chi connectivity index (χ1v) is 50.1. The number of amides is 1. The van der Waals surface area contributed by atoms with Crippen LogP contribution in [0, 0.1) is 23.7 Å². The summed E-state index contributed by atoms with van der Waals surface area (Å²) in [4.78, 5) is 29.5. The maximum atomic E-state index is 10.6. The number of unbranched alkanes of at least 4 members (excludes halogenated alkanes) is 21. The summed E-state index contributed by atoms with van der Waals surface area (Å²) in [5.41, 5.74) is 32.3. The molecule has 0 aromatic rings. The lowest BCUT2D eigenvalue weighted by Gasteiger charge is -2.28. The third kappa shape index (κ3) is 131. The van der Waals surface area contributed by atoms with E-state index in [0.29, 0.717) is 6.54 Å². The Hall–Kier alpha value is -1.17. The second kappa shape index (κ2) is 120. The number of carbonyl (C=O) groups is 1. The Bertz CT molecular complexity index is 1570. The molecular formula is C98H229N17O. The summed E-state index contributed by atoms with van der Waals surface area (Å²) in [5.74, 6) is 2.98. The van der Waals surface area contributed by atoms with Gasteiger partial charge in [0, 0.05) is 32.1 Å². The van der Waals surface area contributed by atoms with Crippen LogP contribution in [0.3, 0.4) is 0 Å². The van der Waals surface area contributed by atoms with E-state index in [9.17, 15) is 4.79 Å². The molecule has 3 saturated heterocycles. The molecule has 0 bridgehead atoms. The summed E-state index contributed by atoms with van der Waals surface area (Å²) in [6, 6.07) is 0. The van der Waals surface area contributed by atoms with Crippen molar-refractivity contribution in [3.8, 4) is 0 Å². The molecule has 1 unspecified atom stereocenters. The van der Waals surface area contributed by atoms with E-state index < -0.39 is 0 Å². The third-order valence-electron chi connectivity index (χ3n) is 21.7. The van der Waals surface area contributed by atoms with Crippen molar-refractivity contribution in [3.05, 3.63) is 0 Å². The molecule has 3 fully saturated rings. The van der Waals surface area contributed by atoms with Gasteiger partial charge in [0.15, 0.2) is 0 Å². The van der Waals surface area contributed by atoms with Gasteiger partial charge in [-0.25, -0.2) is 0 Å². The van der Waals surface area contributed by atoms with Crippen LogP contribution in [0.15, 0.2) is 0 Å². The fraction of sp³-hybridized carbons (Fsp3) is 0.990. The standard InChI is InChI=1S/C12H25N.C11H27N3.C11H23N.C10H21N.C8H21N3.C8H19N.C7H16N2O.2C7H17N.2C6H15N.C5H13N/c1-3-4-5-6-7-12-8-10-13(2)11-9-12;1-2-3-4-9-14(10-5-7-12)11-6-8-13;1-3-4-5-6-11-7-9-12(2)10-8-11;1-3-4-5-10-6-8-11(2)9-7-10;1-2-3-6-11(7-4-9)8-5-10;1-4-5-6-7-8-9(2)3;1-2-6(7(9)10)4-3-5-8;1-4-5-6-7-8(2)3;1-3-4-5-6-7-8-2;1-4-5-6-7(2)3;1-3-4-5-6-7-2;1-3-4-5-6-2/h12H,3-11H2,1-2H3;2-13H2,1H3;11H,3-10H2,1-2H3;10H,3-9H2,1-2H3;2-10H2,1H3;4-8H2,1-3H3;6H,2-5,8H2,1H3,(H2,9,10);4-7H2,1-3H3;8H,3-7H2,1-2H3;4-6H2,1-3H3;7H,3-6H2,1-2H3;6H,3-5H2,1-2H3. The molecule has 1 amide bonds. The van der Waals surface area contributed by atoms with Crippen molar-refractivity contribution in [2.24, 2.45) is 58.1 Å². The molecule has 0 saturated carbocycles. The Balaban J connectivity index is -0.000000155. The van der Waals surface area contributed by atoms with E-state index in [4.69, 9.17) is 34.4 Å². The number of hydrogen-bond donors (Lipinski definition) is 9. The van der Waals surface area contributed by atoms with Crippen LogP contribution < -0.4 is 50.4 Å². The Morgan fingerprint density at radius 3 is 0.862 bits per heavy atom. The summed E-state index contributed by atoms with van der Waals surface area (Å²) < 4.78 is 0. The third-order valence-corrected chi connectivity index (χ3v) is 21.7. The number of piperidine rings is 3. The van der Waals surface area contributed by atoms with E-state index in [1.807, 2.05) is 28.1 Å². The normalized spacial score (nSPS) is 14.1. The molecule has 0 radical (unpaired) electrons. The molecule has 3 heterocycles. The van der Waals surface area contributed by atoms with Crippen LogP contribution in [-0.2, 0) is 4.79 Å². The first kappa shape index (κ1) is 133. The lowest BCUT2D eigenvalue weighted by atomic mass is 9.91. The number of nitrogens with two attached hydrogens (primary N) is 6. The van der Waals surface area contributed by atoms with Gasteiger partial charge in [-0.15, -0.1) is 0 Å². The molecule has 18 heteroatoms. The molecule has 1 atom stereocenters. The number of primary amides is 1. The highest BCUT2D eigenvalue weighted by molar-refractivity contribution is 5.76.